The average Bonchev–Trinajstić information content (AvgIpc) is 2.17. The number of halogens is 1. The van der Waals surface area contributed by atoms with Gasteiger partial charge in [-0.05, 0) is 17.7 Å². The molecule has 0 aliphatic carbocycles. The zero-order valence-electron chi connectivity index (χ0n) is 6.87. The molecule has 0 atom stereocenters. The van der Waals surface area contributed by atoms with E-state index in [9.17, 15) is 4.39 Å². The van der Waals surface area contributed by atoms with Gasteiger partial charge in [0.1, 0.15) is 11.7 Å². The molecule has 1 aromatic rings. The van der Waals surface area contributed by atoms with Crippen molar-refractivity contribution in [3.63, 3.8) is 0 Å². The third-order valence-electron chi connectivity index (χ3n) is 1.66. The smallest absolute Gasteiger partial charge is 0.137 e. The lowest BCUT2D eigenvalue weighted by atomic mass is 10.0. The molecule has 2 nitrogen and oxygen atoms in total. The first kappa shape index (κ1) is 9.22. The van der Waals surface area contributed by atoms with Crippen LogP contribution in [-0.4, -0.2) is 0 Å². The highest BCUT2D eigenvalue weighted by Gasteiger charge is 2.05. The molecule has 0 N–H and O–H groups in total. The molecule has 1 rings (SSSR count). The zero-order valence-corrected chi connectivity index (χ0v) is 6.87. The minimum absolute atomic E-state index is 0.311. The number of rotatable bonds is 2. The molecule has 0 radical (unpaired) electrons. The second-order valence-electron chi connectivity index (χ2n) is 2.64. The van der Waals surface area contributed by atoms with E-state index < -0.39 is 5.92 Å². The summed E-state index contributed by atoms with van der Waals surface area (Å²) in [5.74, 6) is -0.959. The maximum atomic E-state index is 12.5. The highest BCUT2D eigenvalue weighted by molar-refractivity contribution is 5.19. The number of nitriles is 2. The topological polar surface area (TPSA) is 47.6 Å². The maximum absolute atomic E-state index is 12.5. The molecule has 0 aromatic heterocycles. The van der Waals surface area contributed by atoms with E-state index in [2.05, 4.69) is 0 Å². The molecule has 3 heteroatoms. The summed E-state index contributed by atoms with van der Waals surface area (Å²) in [7, 11) is 0. The monoisotopic (exact) mass is 174 g/mol. The third kappa shape index (κ3) is 2.57. The van der Waals surface area contributed by atoms with Crippen molar-refractivity contribution in [3.05, 3.63) is 35.6 Å². The first-order chi connectivity index (χ1) is 6.26. The molecular formula is C10H7FN2. The number of nitrogens with zero attached hydrogens (tertiary/aromatic N) is 2. The minimum Gasteiger partial charge on any atom is -0.207 e. The van der Waals surface area contributed by atoms with Gasteiger partial charge in [0.05, 0.1) is 12.1 Å². The van der Waals surface area contributed by atoms with Crippen LogP contribution in [-0.2, 0) is 6.42 Å². The molecule has 0 fully saturated rings. The fourth-order valence-electron chi connectivity index (χ4n) is 0.976. The second-order valence-corrected chi connectivity index (χ2v) is 2.64. The van der Waals surface area contributed by atoms with Gasteiger partial charge in [0.25, 0.3) is 0 Å². The van der Waals surface area contributed by atoms with E-state index >= 15 is 0 Å². The Morgan fingerprint density at radius 3 is 2.15 bits per heavy atom. The molecule has 0 aliphatic rings. The summed E-state index contributed by atoms with van der Waals surface area (Å²) in [6.07, 6.45) is 0.354. The first-order valence-electron chi connectivity index (χ1n) is 3.80. The van der Waals surface area contributed by atoms with Crippen molar-refractivity contribution in [3.8, 4) is 12.1 Å². The summed E-state index contributed by atoms with van der Waals surface area (Å²) < 4.78 is 12.5. The van der Waals surface area contributed by atoms with Gasteiger partial charge in [-0.3, -0.25) is 0 Å². The molecule has 0 unspecified atom stereocenters. The van der Waals surface area contributed by atoms with Crippen LogP contribution in [0.3, 0.4) is 0 Å². The summed E-state index contributed by atoms with van der Waals surface area (Å²) >= 11 is 0. The van der Waals surface area contributed by atoms with Crippen LogP contribution in [0, 0.1) is 34.4 Å². The van der Waals surface area contributed by atoms with Crippen molar-refractivity contribution in [2.75, 3.05) is 0 Å². The van der Waals surface area contributed by atoms with Crippen molar-refractivity contribution in [2.24, 2.45) is 5.92 Å². The predicted molar refractivity (Wildman–Crippen MR) is 44.8 cm³/mol. The largest absolute Gasteiger partial charge is 0.207 e. The van der Waals surface area contributed by atoms with Crippen molar-refractivity contribution < 1.29 is 4.39 Å². The van der Waals surface area contributed by atoms with E-state index in [-0.39, 0.29) is 5.82 Å². The Hall–Kier alpha value is -1.87. The van der Waals surface area contributed by atoms with Crippen LogP contribution >= 0.6 is 0 Å². The molecule has 0 aliphatic heterocycles. The third-order valence-corrected chi connectivity index (χ3v) is 1.66. The van der Waals surface area contributed by atoms with Crippen molar-refractivity contribution in [1.29, 1.82) is 10.5 Å². The van der Waals surface area contributed by atoms with Gasteiger partial charge < -0.3 is 0 Å². The SMILES string of the molecule is N#CC(C#N)Cc1ccc(F)cc1. The molecule has 0 saturated carbocycles. The quantitative estimate of drug-likeness (QED) is 0.688. The number of hydrogen-bond acceptors (Lipinski definition) is 2. The highest BCUT2D eigenvalue weighted by Crippen LogP contribution is 2.08. The van der Waals surface area contributed by atoms with Gasteiger partial charge in [-0.25, -0.2) is 4.39 Å². The van der Waals surface area contributed by atoms with E-state index in [4.69, 9.17) is 10.5 Å². The summed E-state index contributed by atoms with van der Waals surface area (Å²) in [4.78, 5) is 0. The van der Waals surface area contributed by atoms with Gasteiger partial charge in [-0.15, -0.1) is 0 Å². The van der Waals surface area contributed by atoms with Gasteiger partial charge in [-0.2, -0.15) is 10.5 Å². The van der Waals surface area contributed by atoms with Crippen LogP contribution in [0.2, 0.25) is 0 Å². The van der Waals surface area contributed by atoms with Crippen LogP contribution in [0.5, 0.6) is 0 Å². The molecule has 0 amide bonds. The second kappa shape index (κ2) is 4.23. The highest BCUT2D eigenvalue weighted by atomic mass is 19.1. The fraction of sp³-hybridized carbons (Fsp3) is 0.200. The fourth-order valence-corrected chi connectivity index (χ4v) is 0.976. The molecule has 0 saturated heterocycles. The van der Waals surface area contributed by atoms with Gasteiger partial charge in [0.15, 0.2) is 0 Å². The molecule has 64 valence electrons. The standard InChI is InChI=1S/C10H7FN2/c11-10-3-1-8(2-4-10)5-9(6-12)7-13/h1-4,9H,5H2. The van der Waals surface area contributed by atoms with Crippen LogP contribution in [0.1, 0.15) is 5.56 Å². The molecule has 0 heterocycles. The first-order valence-corrected chi connectivity index (χ1v) is 3.80. The molecule has 0 spiro atoms. The normalized spacial score (nSPS) is 9.23. The molecule has 13 heavy (non-hydrogen) atoms. The number of benzene rings is 1. The van der Waals surface area contributed by atoms with Crippen LogP contribution < -0.4 is 0 Å². The Labute approximate surface area is 75.8 Å². The maximum Gasteiger partial charge on any atom is 0.137 e. The van der Waals surface area contributed by atoms with E-state index in [0.717, 1.165) is 5.56 Å². The summed E-state index contributed by atoms with van der Waals surface area (Å²) in [5.41, 5.74) is 0.800. The lowest BCUT2D eigenvalue weighted by Gasteiger charge is -1.99. The Morgan fingerprint density at radius 1 is 1.15 bits per heavy atom. The Kier molecular flexibility index (Phi) is 3.00. The van der Waals surface area contributed by atoms with Gasteiger partial charge >= 0.3 is 0 Å². The van der Waals surface area contributed by atoms with Crippen molar-refractivity contribution in [2.45, 2.75) is 6.42 Å². The lowest BCUT2D eigenvalue weighted by Crippen LogP contribution is -1.98. The van der Waals surface area contributed by atoms with E-state index in [1.165, 1.54) is 12.1 Å². The van der Waals surface area contributed by atoms with Gasteiger partial charge in [-0.1, -0.05) is 12.1 Å². The van der Waals surface area contributed by atoms with Crippen LogP contribution in [0.4, 0.5) is 4.39 Å². The zero-order chi connectivity index (χ0) is 9.68. The molecule has 0 bridgehead atoms. The number of hydrogen-bond donors (Lipinski definition) is 0. The van der Waals surface area contributed by atoms with Gasteiger partial charge in [0, 0.05) is 6.42 Å². The Morgan fingerprint density at radius 2 is 1.69 bits per heavy atom. The summed E-state index contributed by atoms with van der Waals surface area (Å²) in [6.45, 7) is 0. The Bertz CT molecular complexity index is 342. The molecular weight excluding hydrogens is 167 g/mol. The van der Waals surface area contributed by atoms with E-state index in [1.54, 1.807) is 12.1 Å². The van der Waals surface area contributed by atoms with Crippen LogP contribution in [0.25, 0.3) is 0 Å². The molecule has 1 aromatic carbocycles. The average molecular weight is 174 g/mol. The summed E-state index contributed by atoms with van der Waals surface area (Å²) in [5, 5.41) is 17.0. The summed E-state index contributed by atoms with van der Waals surface area (Å²) in [6, 6.07) is 9.52. The minimum atomic E-state index is -0.648. The lowest BCUT2D eigenvalue weighted by molar-refractivity contribution is 0.626. The van der Waals surface area contributed by atoms with Crippen molar-refractivity contribution >= 4 is 0 Å². The van der Waals surface area contributed by atoms with E-state index in [1.807, 2.05) is 12.1 Å². The predicted octanol–water partition coefficient (Wildman–Crippen LogP) is 2.03. The van der Waals surface area contributed by atoms with E-state index in [0.29, 0.717) is 6.42 Å². The van der Waals surface area contributed by atoms with Crippen molar-refractivity contribution in [1.82, 2.24) is 0 Å². The van der Waals surface area contributed by atoms with Gasteiger partial charge in [0.2, 0.25) is 0 Å². The Balaban J connectivity index is 2.71. The van der Waals surface area contributed by atoms with Crippen LogP contribution in [0.15, 0.2) is 24.3 Å².